The molecule has 106 valence electrons. The maximum Gasteiger partial charge on any atom is 0.262 e. The zero-order valence-corrected chi connectivity index (χ0v) is 11.1. The lowest BCUT2D eigenvalue weighted by atomic mass is 10.1. The summed E-state index contributed by atoms with van der Waals surface area (Å²) >= 11 is 0. The Balaban J connectivity index is 2.21. The summed E-state index contributed by atoms with van der Waals surface area (Å²) in [5.74, 6) is -0.733. The Morgan fingerprint density at radius 3 is 2.90 bits per heavy atom. The van der Waals surface area contributed by atoms with Gasteiger partial charge in [-0.2, -0.15) is 0 Å². The molecule has 1 aromatic rings. The summed E-state index contributed by atoms with van der Waals surface area (Å²) in [5, 5.41) is 15.2. The molecule has 0 bridgehead atoms. The van der Waals surface area contributed by atoms with Crippen molar-refractivity contribution in [2.45, 2.75) is 13.3 Å². The molecule has 1 amide bonds. The summed E-state index contributed by atoms with van der Waals surface area (Å²) in [6.45, 7) is 2.72. The van der Waals surface area contributed by atoms with Gasteiger partial charge >= 0.3 is 0 Å². The molecule has 0 unspecified atom stereocenters. The van der Waals surface area contributed by atoms with E-state index >= 15 is 0 Å². The van der Waals surface area contributed by atoms with Gasteiger partial charge in [-0.3, -0.25) is 9.79 Å². The number of hydrogen-bond acceptors (Lipinski definition) is 4. The van der Waals surface area contributed by atoms with E-state index in [1.165, 1.54) is 25.1 Å². The number of hydrogen-bond donors (Lipinski definition) is 3. The van der Waals surface area contributed by atoms with Crippen LogP contribution in [0.4, 0.5) is 10.1 Å². The molecule has 6 heteroatoms. The Hall–Kier alpha value is -2.37. The van der Waals surface area contributed by atoms with Crippen LogP contribution in [0.5, 0.6) is 0 Å². The van der Waals surface area contributed by atoms with E-state index < -0.39 is 11.7 Å². The lowest BCUT2D eigenvalue weighted by Crippen LogP contribution is -2.36. The van der Waals surface area contributed by atoms with E-state index in [0.29, 0.717) is 24.6 Å². The van der Waals surface area contributed by atoms with Crippen molar-refractivity contribution in [3.05, 3.63) is 41.4 Å². The zero-order chi connectivity index (χ0) is 14.5. The van der Waals surface area contributed by atoms with Gasteiger partial charge in [-0.1, -0.05) is 6.07 Å². The lowest BCUT2D eigenvalue weighted by Gasteiger charge is -2.17. The average molecular weight is 277 g/mol. The van der Waals surface area contributed by atoms with Crippen LogP contribution in [0.2, 0.25) is 0 Å². The van der Waals surface area contributed by atoms with Gasteiger partial charge in [-0.15, -0.1) is 0 Å². The minimum atomic E-state index is -0.524. The summed E-state index contributed by atoms with van der Waals surface area (Å²) in [5.41, 5.74) is 0.402. The van der Waals surface area contributed by atoms with Crippen LogP contribution in [0, 0.1) is 5.82 Å². The third-order valence-corrected chi connectivity index (χ3v) is 2.81. The number of rotatable bonds is 3. The van der Waals surface area contributed by atoms with Crippen molar-refractivity contribution < 1.29 is 14.3 Å². The number of carbonyl (C=O) groups excluding carboxylic acids is 1. The number of aliphatic hydroxyl groups is 1. The quantitative estimate of drug-likeness (QED) is 0.584. The van der Waals surface area contributed by atoms with E-state index in [1.54, 1.807) is 6.07 Å². The molecule has 3 N–H and O–H groups in total. The molecule has 5 nitrogen and oxygen atoms in total. The first-order valence-electron chi connectivity index (χ1n) is 6.33. The number of halogens is 1. The first kappa shape index (κ1) is 14.0. The van der Waals surface area contributed by atoms with E-state index in [2.05, 4.69) is 15.6 Å². The highest BCUT2D eigenvalue weighted by molar-refractivity contribution is 6.25. The third kappa shape index (κ3) is 3.34. The molecule has 2 rings (SSSR count). The molecule has 0 atom stereocenters. The predicted molar refractivity (Wildman–Crippen MR) is 75.3 cm³/mol. The highest BCUT2D eigenvalue weighted by Gasteiger charge is 2.21. The molecule has 0 aromatic heterocycles. The first-order valence-corrected chi connectivity index (χ1v) is 6.33. The number of benzene rings is 1. The smallest absolute Gasteiger partial charge is 0.262 e. The minimum absolute atomic E-state index is 0.0777. The van der Waals surface area contributed by atoms with Crippen LogP contribution >= 0.6 is 0 Å². The van der Waals surface area contributed by atoms with Gasteiger partial charge in [0.2, 0.25) is 0 Å². The van der Waals surface area contributed by atoms with Crippen LogP contribution in [0.3, 0.4) is 0 Å². The fourth-order valence-corrected chi connectivity index (χ4v) is 1.90. The van der Waals surface area contributed by atoms with Crippen molar-refractivity contribution in [1.29, 1.82) is 0 Å². The van der Waals surface area contributed by atoms with Gasteiger partial charge in [0.1, 0.15) is 23.0 Å². The maximum absolute atomic E-state index is 13.1. The monoisotopic (exact) mass is 277 g/mol. The number of carbonyl (C=O) groups is 1. The van der Waals surface area contributed by atoms with Crippen molar-refractivity contribution in [1.82, 2.24) is 5.32 Å². The Morgan fingerprint density at radius 1 is 1.50 bits per heavy atom. The third-order valence-electron chi connectivity index (χ3n) is 2.81. The zero-order valence-electron chi connectivity index (χ0n) is 11.1. The summed E-state index contributed by atoms with van der Waals surface area (Å²) in [6.07, 6.45) is 0.882. The molecular weight excluding hydrogens is 261 g/mol. The Bertz CT molecular complexity index is 578. The van der Waals surface area contributed by atoms with Crippen LogP contribution in [-0.4, -0.2) is 29.9 Å². The van der Waals surface area contributed by atoms with Crippen molar-refractivity contribution in [2.75, 3.05) is 18.4 Å². The lowest BCUT2D eigenvalue weighted by molar-refractivity contribution is -0.112. The normalized spacial score (nSPS) is 15.8. The van der Waals surface area contributed by atoms with Crippen LogP contribution in [-0.2, 0) is 4.79 Å². The van der Waals surface area contributed by atoms with Crippen molar-refractivity contribution in [3.8, 4) is 0 Å². The number of nitrogens with one attached hydrogen (secondary N) is 2. The van der Waals surface area contributed by atoms with E-state index in [0.717, 1.165) is 6.42 Å². The molecule has 0 spiro atoms. The average Bonchev–Trinajstić information content (AvgIpc) is 2.39. The number of amidine groups is 1. The number of allylic oxidation sites excluding steroid dienone is 1. The standard InChI is InChI=1S/C14H16FN3O2/c1-9(19)12(13-16-6-3-7-17-13)14(20)18-11-5-2-4-10(15)8-11/h2,4-5,8,19H,3,6-7H2,1H3,(H,16,17)(H,18,20)/b12-9-. The van der Waals surface area contributed by atoms with E-state index in [1.807, 2.05) is 0 Å². The van der Waals surface area contributed by atoms with Gasteiger partial charge < -0.3 is 15.7 Å². The van der Waals surface area contributed by atoms with E-state index in [4.69, 9.17) is 0 Å². The highest BCUT2D eigenvalue weighted by Crippen LogP contribution is 2.13. The SMILES string of the molecule is C/C(O)=C(/C(=O)Nc1cccc(F)c1)C1=NCCCN1. The molecular formula is C14H16FN3O2. The van der Waals surface area contributed by atoms with Crippen molar-refractivity contribution >= 4 is 17.4 Å². The van der Waals surface area contributed by atoms with Crippen LogP contribution in [0.15, 0.2) is 40.6 Å². The fraction of sp³-hybridized carbons (Fsp3) is 0.286. The summed E-state index contributed by atoms with van der Waals surface area (Å²) in [6, 6.07) is 5.56. The van der Waals surface area contributed by atoms with Crippen LogP contribution in [0.1, 0.15) is 13.3 Å². The number of nitrogens with zero attached hydrogens (tertiary/aromatic N) is 1. The Morgan fingerprint density at radius 2 is 2.30 bits per heavy atom. The topological polar surface area (TPSA) is 73.7 Å². The van der Waals surface area contributed by atoms with Crippen molar-refractivity contribution in [3.63, 3.8) is 0 Å². The minimum Gasteiger partial charge on any atom is -0.512 e. The first-order chi connectivity index (χ1) is 9.58. The van der Waals surface area contributed by atoms with Gasteiger partial charge in [0.15, 0.2) is 0 Å². The molecule has 1 aliphatic heterocycles. The molecule has 0 radical (unpaired) electrons. The number of aliphatic imine (C=N–C) groups is 1. The molecule has 1 aromatic carbocycles. The molecule has 20 heavy (non-hydrogen) atoms. The Kier molecular flexibility index (Phi) is 4.34. The summed E-state index contributed by atoms with van der Waals surface area (Å²) < 4.78 is 13.1. The van der Waals surface area contributed by atoms with Gasteiger partial charge in [-0.25, -0.2) is 4.39 Å². The Labute approximate surface area is 116 Å². The van der Waals surface area contributed by atoms with Gasteiger partial charge in [0, 0.05) is 18.8 Å². The van der Waals surface area contributed by atoms with Gasteiger partial charge in [-0.05, 0) is 31.5 Å². The molecule has 0 saturated carbocycles. The molecule has 0 aliphatic carbocycles. The highest BCUT2D eigenvalue weighted by atomic mass is 19.1. The summed E-state index contributed by atoms with van der Waals surface area (Å²) in [4.78, 5) is 16.4. The predicted octanol–water partition coefficient (Wildman–Crippen LogP) is 1.99. The van der Waals surface area contributed by atoms with Crippen LogP contribution < -0.4 is 10.6 Å². The van der Waals surface area contributed by atoms with Crippen LogP contribution in [0.25, 0.3) is 0 Å². The second-order valence-electron chi connectivity index (χ2n) is 4.44. The second-order valence-corrected chi connectivity index (χ2v) is 4.44. The number of aliphatic hydroxyl groups excluding tert-OH is 1. The number of amides is 1. The maximum atomic E-state index is 13.1. The van der Waals surface area contributed by atoms with Crippen molar-refractivity contribution in [2.24, 2.45) is 4.99 Å². The summed E-state index contributed by atoms with van der Waals surface area (Å²) in [7, 11) is 0. The number of anilines is 1. The molecule has 0 saturated heterocycles. The molecule has 1 heterocycles. The van der Waals surface area contributed by atoms with E-state index in [-0.39, 0.29) is 11.3 Å². The van der Waals surface area contributed by atoms with E-state index in [9.17, 15) is 14.3 Å². The fourth-order valence-electron chi connectivity index (χ4n) is 1.90. The van der Waals surface area contributed by atoms with Gasteiger partial charge in [0.05, 0.1) is 0 Å². The molecule has 1 aliphatic rings. The second kappa shape index (κ2) is 6.18. The van der Waals surface area contributed by atoms with Gasteiger partial charge in [0.25, 0.3) is 5.91 Å². The molecule has 0 fully saturated rings. The largest absolute Gasteiger partial charge is 0.512 e.